The fraction of sp³-hybridized carbons (Fsp3) is 1.00. The van der Waals surface area contributed by atoms with Crippen molar-refractivity contribution in [3.05, 3.63) is 0 Å². The smallest absolute Gasteiger partial charge is 0.211 e. The molecule has 0 aromatic rings. The Morgan fingerprint density at radius 3 is 2.07 bits per heavy atom. The van der Waals surface area contributed by atoms with Crippen LogP contribution in [0.5, 0.6) is 0 Å². The maximum atomic E-state index is 11.2. The molecule has 0 saturated carbocycles. The summed E-state index contributed by atoms with van der Waals surface area (Å²) < 4.78 is 24.0. The minimum atomic E-state index is -2.98. The van der Waals surface area contributed by atoms with Gasteiger partial charge in [0.05, 0.1) is 11.6 Å². The van der Waals surface area contributed by atoms with E-state index in [2.05, 4.69) is 18.1 Å². The number of piperazine rings is 1. The van der Waals surface area contributed by atoms with Crippen LogP contribution >= 0.6 is 11.8 Å². The van der Waals surface area contributed by atoms with Gasteiger partial charge in [0.2, 0.25) is 10.0 Å². The zero-order valence-corrected chi connectivity index (χ0v) is 10.6. The number of sulfonamides is 1. The van der Waals surface area contributed by atoms with Gasteiger partial charge in [-0.2, -0.15) is 4.31 Å². The second-order valence-electron chi connectivity index (χ2n) is 3.53. The summed E-state index contributed by atoms with van der Waals surface area (Å²) in [7, 11) is -2.98. The highest BCUT2D eigenvalue weighted by molar-refractivity contribution is 7.99. The van der Waals surface area contributed by atoms with E-state index >= 15 is 0 Å². The minimum Gasteiger partial charge on any atom is -0.289 e. The van der Waals surface area contributed by atoms with Gasteiger partial charge in [-0.15, -0.1) is 11.8 Å². The minimum absolute atomic E-state index is 0.483. The number of hydrogen-bond donors (Lipinski definition) is 0. The van der Waals surface area contributed by atoms with Crippen molar-refractivity contribution in [1.82, 2.24) is 9.21 Å². The molecule has 1 atom stereocenters. The molecule has 0 amide bonds. The molecular formula is C8H18N2O2S2. The van der Waals surface area contributed by atoms with Crippen LogP contribution in [-0.2, 0) is 10.0 Å². The zero-order chi connectivity index (χ0) is 10.8. The maximum absolute atomic E-state index is 11.2. The Labute approximate surface area is 90.7 Å². The van der Waals surface area contributed by atoms with Crippen LogP contribution < -0.4 is 0 Å². The predicted octanol–water partition coefficient (Wildman–Crippen LogP) is 0.273. The highest BCUT2D eigenvalue weighted by Crippen LogP contribution is 2.15. The molecule has 1 unspecified atom stereocenters. The van der Waals surface area contributed by atoms with Crippen molar-refractivity contribution in [3.63, 3.8) is 0 Å². The highest BCUT2D eigenvalue weighted by atomic mass is 32.2. The molecule has 0 spiro atoms. The van der Waals surface area contributed by atoms with Crippen LogP contribution in [0.3, 0.4) is 0 Å². The Balaban J connectivity index is 2.47. The van der Waals surface area contributed by atoms with Gasteiger partial charge in [0.25, 0.3) is 0 Å². The quantitative estimate of drug-likeness (QED) is 0.708. The first-order valence-electron chi connectivity index (χ1n) is 4.67. The molecule has 14 heavy (non-hydrogen) atoms. The largest absolute Gasteiger partial charge is 0.289 e. The number of hydrogen-bond acceptors (Lipinski definition) is 4. The Hall–Kier alpha value is 0.220. The average Bonchev–Trinajstić information content (AvgIpc) is 2.15. The molecule has 1 fully saturated rings. The van der Waals surface area contributed by atoms with Gasteiger partial charge in [-0.25, -0.2) is 8.42 Å². The van der Waals surface area contributed by atoms with Gasteiger partial charge >= 0.3 is 0 Å². The SMILES string of the molecule is CSC(C)N1CCN(S(C)(=O)=O)CC1. The predicted molar refractivity (Wildman–Crippen MR) is 61.0 cm³/mol. The van der Waals surface area contributed by atoms with Crippen LogP contribution in [0.2, 0.25) is 0 Å². The maximum Gasteiger partial charge on any atom is 0.211 e. The lowest BCUT2D eigenvalue weighted by atomic mass is 10.4. The summed E-state index contributed by atoms with van der Waals surface area (Å²) in [6, 6.07) is 0. The normalized spacial score (nSPS) is 23.6. The van der Waals surface area contributed by atoms with Crippen molar-refractivity contribution in [3.8, 4) is 0 Å². The molecule has 0 aromatic heterocycles. The van der Waals surface area contributed by atoms with Crippen molar-refractivity contribution < 1.29 is 8.42 Å². The van der Waals surface area contributed by atoms with Gasteiger partial charge in [-0.3, -0.25) is 4.90 Å². The van der Waals surface area contributed by atoms with Gasteiger partial charge in [0, 0.05) is 26.2 Å². The summed E-state index contributed by atoms with van der Waals surface area (Å²) in [6.07, 6.45) is 3.36. The van der Waals surface area contributed by atoms with Crippen molar-refractivity contribution in [2.45, 2.75) is 12.3 Å². The number of nitrogens with zero attached hydrogens (tertiary/aromatic N) is 2. The Morgan fingerprint density at radius 2 is 1.71 bits per heavy atom. The van der Waals surface area contributed by atoms with E-state index in [1.54, 1.807) is 16.1 Å². The van der Waals surface area contributed by atoms with Crippen molar-refractivity contribution in [2.75, 3.05) is 38.7 Å². The summed E-state index contributed by atoms with van der Waals surface area (Å²) in [6.45, 7) is 5.10. The van der Waals surface area contributed by atoms with Crippen molar-refractivity contribution >= 4 is 21.8 Å². The molecule has 1 aliphatic heterocycles. The van der Waals surface area contributed by atoms with E-state index in [0.717, 1.165) is 13.1 Å². The van der Waals surface area contributed by atoms with Crippen molar-refractivity contribution in [1.29, 1.82) is 0 Å². The van der Waals surface area contributed by atoms with Crippen LogP contribution in [0.25, 0.3) is 0 Å². The zero-order valence-electron chi connectivity index (χ0n) is 8.93. The average molecular weight is 238 g/mol. The van der Waals surface area contributed by atoms with E-state index in [-0.39, 0.29) is 0 Å². The lowest BCUT2D eigenvalue weighted by molar-refractivity contribution is 0.184. The molecule has 0 aliphatic carbocycles. The third kappa shape index (κ3) is 3.12. The van der Waals surface area contributed by atoms with Crippen LogP contribution in [0.1, 0.15) is 6.92 Å². The first-order valence-corrected chi connectivity index (χ1v) is 7.80. The standard InChI is InChI=1S/C8H18N2O2S2/c1-8(13-2)9-4-6-10(7-5-9)14(3,11)12/h8H,4-7H2,1-3H3. The Kier molecular flexibility index (Phi) is 4.24. The molecule has 1 heterocycles. The lowest BCUT2D eigenvalue weighted by Gasteiger charge is -2.36. The topological polar surface area (TPSA) is 40.6 Å². The first-order chi connectivity index (χ1) is 6.45. The molecular weight excluding hydrogens is 220 g/mol. The van der Waals surface area contributed by atoms with Crippen LogP contribution in [0, 0.1) is 0 Å². The van der Waals surface area contributed by atoms with Crippen LogP contribution in [0.4, 0.5) is 0 Å². The summed E-state index contributed by atoms with van der Waals surface area (Å²) in [5.41, 5.74) is 0. The fourth-order valence-corrected chi connectivity index (χ4v) is 2.88. The molecule has 6 heteroatoms. The molecule has 4 nitrogen and oxygen atoms in total. The molecule has 0 radical (unpaired) electrons. The van der Waals surface area contributed by atoms with Gasteiger partial charge in [-0.1, -0.05) is 0 Å². The monoisotopic (exact) mass is 238 g/mol. The Morgan fingerprint density at radius 1 is 1.21 bits per heavy atom. The summed E-state index contributed by atoms with van der Waals surface area (Å²) in [5, 5.41) is 0.483. The number of thioether (sulfide) groups is 1. The second-order valence-corrected chi connectivity index (χ2v) is 6.67. The molecule has 1 rings (SSSR count). The van der Waals surface area contributed by atoms with E-state index in [9.17, 15) is 8.42 Å². The van der Waals surface area contributed by atoms with Crippen LogP contribution in [0.15, 0.2) is 0 Å². The lowest BCUT2D eigenvalue weighted by Crippen LogP contribution is -2.50. The molecule has 0 aromatic carbocycles. The summed E-state index contributed by atoms with van der Waals surface area (Å²) in [4.78, 5) is 2.31. The first kappa shape index (κ1) is 12.3. The molecule has 0 bridgehead atoms. The summed E-state index contributed by atoms with van der Waals surface area (Å²) in [5.74, 6) is 0. The van der Waals surface area contributed by atoms with Crippen LogP contribution in [-0.4, -0.2) is 61.7 Å². The molecule has 1 aliphatic rings. The van der Waals surface area contributed by atoms with E-state index in [1.165, 1.54) is 6.26 Å². The van der Waals surface area contributed by atoms with Gasteiger partial charge in [-0.05, 0) is 13.2 Å². The van der Waals surface area contributed by atoms with Crippen molar-refractivity contribution in [2.24, 2.45) is 0 Å². The van der Waals surface area contributed by atoms with Gasteiger partial charge in [0.1, 0.15) is 0 Å². The molecule has 84 valence electrons. The highest BCUT2D eigenvalue weighted by Gasteiger charge is 2.25. The van der Waals surface area contributed by atoms with E-state index in [0.29, 0.717) is 18.5 Å². The second kappa shape index (κ2) is 4.83. The molecule has 0 N–H and O–H groups in total. The molecule has 1 saturated heterocycles. The van der Waals surface area contributed by atoms with E-state index in [1.807, 2.05) is 0 Å². The number of rotatable bonds is 3. The third-order valence-corrected chi connectivity index (χ3v) is 4.88. The van der Waals surface area contributed by atoms with E-state index in [4.69, 9.17) is 0 Å². The fourth-order valence-electron chi connectivity index (χ4n) is 1.55. The summed E-state index contributed by atoms with van der Waals surface area (Å²) >= 11 is 1.80. The third-order valence-electron chi connectivity index (χ3n) is 2.60. The van der Waals surface area contributed by atoms with Gasteiger partial charge in [0.15, 0.2) is 0 Å². The van der Waals surface area contributed by atoms with E-state index < -0.39 is 10.0 Å². The van der Waals surface area contributed by atoms with Gasteiger partial charge < -0.3 is 0 Å². The Bertz CT molecular complexity index is 271.